The van der Waals surface area contributed by atoms with Crippen molar-refractivity contribution < 1.29 is 19.1 Å². The van der Waals surface area contributed by atoms with Gasteiger partial charge >= 0.3 is 0 Å². The summed E-state index contributed by atoms with van der Waals surface area (Å²) in [6, 6.07) is 11.1. The quantitative estimate of drug-likeness (QED) is 0.809. The fourth-order valence-electron chi connectivity index (χ4n) is 3.37. The second-order valence-corrected chi connectivity index (χ2v) is 6.94. The Kier molecular flexibility index (Phi) is 4.35. The van der Waals surface area contributed by atoms with E-state index in [9.17, 15) is 9.59 Å². The number of amides is 2. The van der Waals surface area contributed by atoms with Crippen LogP contribution in [0.3, 0.4) is 0 Å². The topological polar surface area (TPSA) is 93.9 Å². The molecule has 7 heteroatoms. The van der Waals surface area contributed by atoms with Crippen LogP contribution in [0.15, 0.2) is 36.4 Å². The van der Waals surface area contributed by atoms with Gasteiger partial charge in [0.05, 0.1) is 17.3 Å². The van der Waals surface area contributed by atoms with Gasteiger partial charge in [-0.25, -0.2) is 0 Å². The van der Waals surface area contributed by atoms with Gasteiger partial charge in [0.25, 0.3) is 0 Å². The summed E-state index contributed by atoms with van der Waals surface area (Å²) in [7, 11) is 0. The van der Waals surface area contributed by atoms with Gasteiger partial charge in [0, 0.05) is 19.5 Å². The molecule has 2 aromatic carbocycles. The summed E-state index contributed by atoms with van der Waals surface area (Å²) in [5.41, 5.74) is 8.97. The molecule has 0 spiro atoms. The highest BCUT2D eigenvalue weighted by Gasteiger charge is 2.34. The molecule has 2 amide bonds. The van der Waals surface area contributed by atoms with E-state index in [2.05, 4.69) is 5.32 Å². The minimum atomic E-state index is -0.397. The highest BCUT2D eigenvalue weighted by atomic mass is 16.7. The first-order valence-corrected chi connectivity index (χ1v) is 8.83. The molecule has 0 bridgehead atoms. The first-order chi connectivity index (χ1) is 13.0. The van der Waals surface area contributed by atoms with E-state index in [4.69, 9.17) is 15.2 Å². The van der Waals surface area contributed by atoms with Crippen molar-refractivity contribution in [3.8, 4) is 11.5 Å². The Morgan fingerprint density at radius 1 is 1.22 bits per heavy atom. The second-order valence-electron chi connectivity index (χ2n) is 6.94. The van der Waals surface area contributed by atoms with E-state index in [1.165, 1.54) is 0 Å². The van der Waals surface area contributed by atoms with Gasteiger partial charge in [-0.05, 0) is 42.3 Å². The van der Waals surface area contributed by atoms with E-state index in [1.54, 1.807) is 11.0 Å². The van der Waals surface area contributed by atoms with Crippen molar-refractivity contribution in [3.05, 3.63) is 47.5 Å². The van der Waals surface area contributed by atoms with E-state index in [0.29, 0.717) is 36.0 Å². The van der Waals surface area contributed by atoms with Crippen LogP contribution in [-0.4, -0.2) is 30.1 Å². The molecule has 1 unspecified atom stereocenters. The maximum absolute atomic E-state index is 12.6. The van der Waals surface area contributed by atoms with Gasteiger partial charge in [-0.1, -0.05) is 12.1 Å². The summed E-state index contributed by atoms with van der Waals surface area (Å²) in [6.07, 6.45) is 0.197. The smallest absolute Gasteiger partial charge is 0.231 e. The number of likely N-dealkylation sites (tertiary alicyclic amines) is 1. The number of aryl methyl sites for hydroxylation is 1. The van der Waals surface area contributed by atoms with Gasteiger partial charge in [0.2, 0.25) is 18.6 Å². The zero-order chi connectivity index (χ0) is 19.0. The number of nitrogen functional groups attached to an aromatic ring is 1. The second kappa shape index (κ2) is 6.83. The van der Waals surface area contributed by atoms with Crippen molar-refractivity contribution in [2.75, 3.05) is 24.4 Å². The molecule has 2 heterocycles. The summed E-state index contributed by atoms with van der Waals surface area (Å²) < 4.78 is 10.7. The third kappa shape index (κ3) is 3.53. The number of nitrogens with two attached hydrogens (primary N) is 1. The summed E-state index contributed by atoms with van der Waals surface area (Å²) in [6.45, 7) is 2.96. The highest BCUT2D eigenvalue weighted by Crippen LogP contribution is 2.33. The van der Waals surface area contributed by atoms with Crippen molar-refractivity contribution in [2.45, 2.75) is 19.9 Å². The first-order valence-electron chi connectivity index (χ1n) is 8.83. The fourth-order valence-corrected chi connectivity index (χ4v) is 3.37. The summed E-state index contributed by atoms with van der Waals surface area (Å²) in [4.78, 5) is 26.7. The van der Waals surface area contributed by atoms with Crippen LogP contribution in [0.25, 0.3) is 0 Å². The Morgan fingerprint density at radius 3 is 2.89 bits per heavy atom. The maximum atomic E-state index is 12.6. The van der Waals surface area contributed by atoms with Crippen LogP contribution in [0.1, 0.15) is 17.5 Å². The summed E-state index contributed by atoms with van der Waals surface area (Å²) in [5.74, 6) is 0.771. The SMILES string of the molecule is Cc1ccc(N)c(NC(=O)C2CC(=O)N(Cc3ccc4c(c3)OCO4)C2)c1. The lowest BCUT2D eigenvalue weighted by atomic mass is 10.1. The number of fused-ring (bicyclic) bond motifs is 1. The number of nitrogens with zero attached hydrogens (tertiary/aromatic N) is 1. The van der Waals surface area contributed by atoms with Crippen LogP contribution < -0.4 is 20.5 Å². The number of carbonyl (C=O) groups is 2. The van der Waals surface area contributed by atoms with Crippen molar-refractivity contribution in [1.82, 2.24) is 4.90 Å². The number of hydrogen-bond acceptors (Lipinski definition) is 5. The molecule has 0 aliphatic carbocycles. The lowest BCUT2D eigenvalue weighted by Crippen LogP contribution is -2.28. The van der Waals surface area contributed by atoms with E-state index >= 15 is 0 Å². The monoisotopic (exact) mass is 367 g/mol. The van der Waals surface area contributed by atoms with Crippen LogP contribution in [0.4, 0.5) is 11.4 Å². The molecule has 140 valence electrons. The predicted octanol–water partition coefficient (Wildman–Crippen LogP) is 2.29. The molecule has 7 nitrogen and oxygen atoms in total. The predicted molar refractivity (Wildman–Crippen MR) is 100 cm³/mol. The molecule has 1 atom stereocenters. The fraction of sp³-hybridized carbons (Fsp3) is 0.300. The van der Waals surface area contributed by atoms with Gasteiger partial charge in [0.15, 0.2) is 11.5 Å². The van der Waals surface area contributed by atoms with Gasteiger partial charge in [-0.3, -0.25) is 9.59 Å². The maximum Gasteiger partial charge on any atom is 0.231 e. The number of benzene rings is 2. The Balaban J connectivity index is 1.41. The van der Waals surface area contributed by atoms with Crippen molar-refractivity contribution in [1.29, 1.82) is 0 Å². The summed E-state index contributed by atoms with van der Waals surface area (Å²) in [5, 5.41) is 2.85. The molecule has 0 aromatic heterocycles. The zero-order valence-corrected chi connectivity index (χ0v) is 15.0. The van der Waals surface area contributed by atoms with Gasteiger partial charge in [-0.15, -0.1) is 0 Å². The van der Waals surface area contributed by atoms with Crippen LogP contribution in [-0.2, 0) is 16.1 Å². The Bertz CT molecular complexity index is 912. The van der Waals surface area contributed by atoms with Crippen LogP contribution in [0.2, 0.25) is 0 Å². The van der Waals surface area contributed by atoms with Gasteiger partial charge < -0.3 is 25.4 Å². The van der Waals surface area contributed by atoms with Gasteiger partial charge in [0.1, 0.15) is 0 Å². The molecule has 1 saturated heterocycles. The molecule has 4 rings (SSSR count). The van der Waals surface area contributed by atoms with Crippen LogP contribution in [0.5, 0.6) is 11.5 Å². The average molecular weight is 367 g/mol. The number of carbonyl (C=O) groups excluding carboxylic acids is 2. The third-order valence-corrected chi connectivity index (χ3v) is 4.86. The molecule has 0 saturated carbocycles. The Hall–Kier alpha value is -3.22. The Morgan fingerprint density at radius 2 is 2.04 bits per heavy atom. The van der Waals surface area contributed by atoms with E-state index in [1.807, 2.05) is 37.3 Å². The zero-order valence-electron chi connectivity index (χ0n) is 15.0. The highest BCUT2D eigenvalue weighted by molar-refractivity contribution is 5.99. The van der Waals surface area contributed by atoms with E-state index in [0.717, 1.165) is 11.1 Å². The molecule has 0 radical (unpaired) electrons. The average Bonchev–Trinajstić information content (AvgIpc) is 3.25. The molecular formula is C20H21N3O4. The number of hydrogen-bond donors (Lipinski definition) is 2. The van der Waals surface area contributed by atoms with Crippen molar-refractivity contribution in [3.63, 3.8) is 0 Å². The molecule has 27 heavy (non-hydrogen) atoms. The van der Waals surface area contributed by atoms with E-state index < -0.39 is 5.92 Å². The van der Waals surface area contributed by atoms with Crippen molar-refractivity contribution in [2.24, 2.45) is 5.92 Å². The standard InChI is InChI=1S/C20H21N3O4/c1-12-2-4-15(21)16(6-12)22-20(25)14-8-19(24)23(10-14)9-13-3-5-17-18(7-13)27-11-26-17/h2-7,14H,8-11,21H2,1H3,(H,22,25). The minimum absolute atomic E-state index is 0.0370. The summed E-state index contributed by atoms with van der Waals surface area (Å²) >= 11 is 0. The molecule has 1 fully saturated rings. The molecule has 2 aliphatic heterocycles. The lowest BCUT2D eigenvalue weighted by Gasteiger charge is -2.17. The number of ether oxygens (including phenoxy) is 2. The number of rotatable bonds is 4. The lowest BCUT2D eigenvalue weighted by molar-refractivity contribution is -0.128. The third-order valence-electron chi connectivity index (χ3n) is 4.86. The largest absolute Gasteiger partial charge is 0.454 e. The molecule has 2 aromatic rings. The van der Waals surface area contributed by atoms with Crippen LogP contribution in [0, 0.1) is 12.8 Å². The first kappa shape index (κ1) is 17.2. The number of anilines is 2. The normalized spacial score (nSPS) is 18.0. The number of nitrogens with one attached hydrogen (secondary N) is 1. The molecule has 3 N–H and O–H groups in total. The Labute approximate surface area is 157 Å². The minimum Gasteiger partial charge on any atom is -0.454 e. The molecular weight excluding hydrogens is 346 g/mol. The van der Waals surface area contributed by atoms with Crippen LogP contribution >= 0.6 is 0 Å². The molecule has 2 aliphatic rings. The van der Waals surface area contributed by atoms with Gasteiger partial charge in [-0.2, -0.15) is 0 Å². The van der Waals surface area contributed by atoms with Crippen molar-refractivity contribution >= 4 is 23.2 Å². The van der Waals surface area contributed by atoms with E-state index in [-0.39, 0.29) is 25.0 Å².